The van der Waals surface area contributed by atoms with Gasteiger partial charge >= 0.3 is 0 Å². The van der Waals surface area contributed by atoms with Crippen LogP contribution >= 0.6 is 0 Å². The van der Waals surface area contributed by atoms with E-state index in [4.69, 9.17) is 0 Å². The maximum atomic E-state index is 13.3. The fourth-order valence-electron chi connectivity index (χ4n) is 1.37. The van der Waals surface area contributed by atoms with Crippen LogP contribution in [0.4, 0.5) is 14.7 Å². The Kier molecular flexibility index (Phi) is 3.57. The number of hydrogen-bond donors (Lipinski definition) is 1. The molecule has 1 aromatic carbocycles. The Hall–Kier alpha value is -2.37. The van der Waals surface area contributed by atoms with Crippen molar-refractivity contribution < 1.29 is 13.6 Å². The highest BCUT2D eigenvalue weighted by atomic mass is 19.1. The SMILES string of the molecule is O=C(Cc1ccc(F)cc1F)Nc1ncccn1. The third-order valence-corrected chi connectivity index (χ3v) is 2.18. The Labute approximate surface area is 102 Å². The van der Waals surface area contributed by atoms with E-state index in [1.807, 2.05) is 0 Å². The number of benzene rings is 1. The van der Waals surface area contributed by atoms with Gasteiger partial charge in [-0.05, 0) is 17.7 Å². The van der Waals surface area contributed by atoms with Crippen molar-refractivity contribution in [1.29, 1.82) is 0 Å². The predicted molar refractivity (Wildman–Crippen MR) is 60.7 cm³/mol. The highest BCUT2D eigenvalue weighted by molar-refractivity contribution is 5.90. The molecule has 0 unspecified atom stereocenters. The van der Waals surface area contributed by atoms with Crippen LogP contribution < -0.4 is 5.32 Å². The van der Waals surface area contributed by atoms with Crippen molar-refractivity contribution in [1.82, 2.24) is 9.97 Å². The molecule has 1 heterocycles. The first kappa shape index (κ1) is 12.1. The van der Waals surface area contributed by atoms with Gasteiger partial charge in [-0.2, -0.15) is 0 Å². The minimum Gasteiger partial charge on any atom is -0.294 e. The number of nitrogens with zero attached hydrogens (tertiary/aromatic N) is 2. The van der Waals surface area contributed by atoms with E-state index in [0.717, 1.165) is 12.1 Å². The summed E-state index contributed by atoms with van der Waals surface area (Å²) in [7, 11) is 0. The molecule has 2 rings (SSSR count). The van der Waals surface area contributed by atoms with Crippen LogP contribution in [0.1, 0.15) is 5.56 Å². The van der Waals surface area contributed by atoms with Gasteiger partial charge in [0.1, 0.15) is 11.6 Å². The van der Waals surface area contributed by atoms with Crippen LogP contribution in [-0.4, -0.2) is 15.9 Å². The highest BCUT2D eigenvalue weighted by Gasteiger charge is 2.10. The summed E-state index contributed by atoms with van der Waals surface area (Å²) >= 11 is 0. The molecule has 0 fully saturated rings. The molecule has 92 valence electrons. The van der Waals surface area contributed by atoms with Gasteiger partial charge in [0.2, 0.25) is 11.9 Å². The first-order valence-electron chi connectivity index (χ1n) is 5.16. The minimum absolute atomic E-state index is 0.116. The zero-order chi connectivity index (χ0) is 13.0. The van der Waals surface area contributed by atoms with E-state index in [1.165, 1.54) is 18.5 Å². The number of nitrogens with one attached hydrogen (secondary N) is 1. The lowest BCUT2D eigenvalue weighted by atomic mass is 10.1. The van der Waals surface area contributed by atoms with Gasteiger partial charge in [0, 0.05) is 18.5 Å². The minimum atomic E-state index is -0.751. The summed E-state index contributed by atoms with van der Waals surface area (Å²) < 4.78 is 26.0. The Morgan fingerprint density at radius 1 is 1.22 bits per heavy atom. The molecule has 1 aromatic heterocycles. The van der Waals surface area contributed by atoms with Crippen LogP contribution in [0.25, 0.3) is 0 Å². The second kappa shape index (κ2) is 5.31. The molecule has 0 bridgehead atoms. The smallest absolute Gasteiger partial charge is 0.231 e. The molecule has 0 aliphatic carbocycles. The molecule has 6 heteroatoms. The van der Waals surface area contributed by atoms with Crippen molar-refractivity contribution in [2.24, 2.45) is 0 Å². The second-order valence-corrected chi connectivity index (χ2v) is 3.53. The normalized spacial score (nSPS) is 10.1. The Morgan fingerprint density at radius 2 is 1.94 bits per heavy atom. The summed E-state index contributed by atoms with van der Waals surface area (Å²) in [6.45, 7) is 0. The summed E-state index contributed by atoms with van der Waals surface area (Å²) in [6, 6.07) is 4.68. The number of hydrogen-bond acceptors (Lipinski definition) is 3. The molecule has 0 atom stereocenters. The maximum absolute atomic E-state index is 13.3. The number of anilines is 1. The molecule has 0 saturated heterocycles. The summed E-state index contributed by atoms with van der Waals surface area (Å²) in [6.07, 6.45) is 2.74. The number of amides is 1. The Morgan fingerprint density at radius 3 is 2.61 bits per heavy atom. The van der Waals surface area contributed by atoms with Gasteiger partial charge < -0.3 is 0 Å². The van der Waals surface area contributed by atoms with E-state index in [-0.39, 0.29) is 17.9 Å². The first-order valence-corrected chi connectivity index (χ1v) is 5.16. The second-order valence-electron chi connectivity index (χ2n) is 3.53. The monoisotopic (exact) mass is 249 g/mol. The van der Waals surface area contributed by atoms with Crippen LogP contribution in [0.5, 0.6) is 0 Å². The molecule has 0 saturated carbocycles. The molecule has 0 aliphatic heterocycles. The van der Waals surface area contributed by atoms with Gasteiger partial charge in [0.15, 0.2) is 0 Å². The van der Waals surface area contributed by atoms with Gasteiger partial charge in [-0.25, -0.2) is 18.7 Å². The number of rotatable bonds is 3. The highest BCUT2D eigenvalue weighted by Crippen LogP contribution is 2.10. The predicted octanol–water partition coefficient (Wildman–Crippen LogP) is 1.94. The zero-order valence-electron chi connectivity index (χ0n) is 9.23. The third-order valence-electron chi connectivity index (χ3n) is 2.18. The van der Waals surface area contributed by atoms with Crippen molar-refractivity contribution in [2.45, 2.75) is 6.42 Å². The van der Waals surface area contributed by atoms with Crippen LogP contribution in [0, 0.1) is 11.6 Å². The fraction of sp³-hybridized carbons (Fsp3) is 0.0833. The average Bonchev–Trinajstić information content (AvgIpc) is 2.34. The van der Waals surface area contributed by atoms with E-state index >= 15 is 0 Å². The van der Waals surface area contributed by atoms with Gasteiger partial charge in [-0.15, -0.1) is 0 Å². The van der Waals surface area contributed by atoms with Crippen LogP contribution in [0.15, 0.2) is 36.7 Å². The van der Waals surface area contributed by atoms with Gasteiger partial charge in [-0.1, -0.05) is 6.07 Å². The molecule has 1 amide bonds. The molecule has 2 aromatic rings. The van der Waals surface area contributed by atoms with E-state index in [2.05, 4.69) is 15.3 Å². The fourth-order valence-corrected chi connectivity index (χ4v) is 1.37. The summed E-state index contributed by atoms with van der Waals surface area (Å²) in [5.41, 5.74) is 0.116. The van der Waals surface area contributed by atoms with Crippen molar-refractivity contribution in [3.63, 3.8) is 0 Å². The molecular weight excluding hydrogens is 240 g/mol. The number of halogens is 2. The van der Waals surface area contributed by atoms with Crippen molar-refractivity contribution in [3.8, 4) is 0 Å². The van der Waals surface area contributed by atoms with Crippen LogP contribution in [-0.2, 0) is 11.2 Å². The summed E-state index contributed by atoms with van der Waals surface area (Å²) in [5.74, 6) is -1.75. The third kappa shape index (κ3) is 3.07. The van der Waals surface area contributed by atoms with E-state index in [9.17, 15) is 13.6 Å². The zero-order valence-corrected chi connectivity index (χ0v) is 9.23. The first-order chi connectivity index (χ1) is 8.65. The molecule has 1 N–H and O–H groups in total. The Bertz CT molecular complexity index is 561. The van der Waals surface area contributed by atoms with Crippen LogP contribution in [0.3, 0.4) is 0 Å². The van der Waals surface area contributed by atoms with Gasteiger partial charge in [0.25, 0.3) is 0 Å². The topological polar surface area (TPSA) is 54.9 Å². The molecule has 0 radical (unpaired) electrons. The summed E-state index contributed by atoms with van der Waals surface area (Å²) in [4.78, 5) is 19.2. The Balaban J connectivity index is 2.03. The molecule has 4 nitrogen and oxygen atoms in total. The molecule has 18 heavy (non-hydrogen) atoms. The standard InChI is InChI=1S/C12H9F2N3O/c13-9-3-2-8(10(14)7-9)6-11(18)17-12-15-4-1-5-16-12/h1-5,7H,6H2,(H,15,16,17,18). The van der Waals surface area contributed by atoms with Crippen molar-refractivity contribution in [3.05, 3.63) is 53.9 Å². The lowest BCUT2D eigenvalue weighted by molar-refractivity contribution is -0.115. The lowest BCUT2D eigenvalue weighted by Crippen LogP contribution is -2.16. The summed E-state index contributed by atoms with van der Waals surface area (Å²) in [5, 5.41) is 2.41. The van der Waals surface area contributed by atoms with E-state index in [1.54, 1.807) is 6.07 Å². The van der Waals surface area contributed by atoms with Crippen molar-refractivity contribution >= 4 is 11.9 Å². The molecule has 0 aliphatic rings. The largest absolute Gasteiger partial charge is 0.294 e. The van der Waals surface area contributed by atoms with Crippen LogP contribution in [0.2, 0.25) is 0 Å². The average molecular weight is 249 g/mol. The lowest BCUT2D eigenvalue weighted by Gasteiger charge is -2.04. The number of carbonyl (C=O) groups is 1. The van der Waals surface area contributed by atoms with Gasteiger partial charge in [0.05, 0.1) is 6.42 Å². The molecular formula is C12H9F2N3O. The maximum Gasteiger partial charge on any atom is 0.231 e. The van der Waals surface area contributed by atoms with E-state index < -0.39 is 17.5 Å². The van der Waals surface area contributed by atoms with Gasteiger partial charge in [-0.3, -0.25) is 10.1 Å². The number of aromatic nitrogens is 2. The molecule has 0 spiro atoms. The van der Waals surface area contributed by atoms with E-state index in [0.29, 0.717) is 0 Å². The quantitative estimate of drug-likeness (QED) is 0.904. The van der Waals surface area contributed by atoms with Crippen molar-refractivity contribution in [2.75, 3.05) is 5.32 Å². The number of carbonyl (C=O) groups excluding carboxylic acids is 1.